The molecule has 1 aliphatic rings. The molecule has 7 heteroatoms. The van der Waals surface area contributed by atoms with Gasteiger partial charge in [-0.3, -0.25) is 9.78 Å². The minimum atomic E-state index is -0.515. The van der Waals surface area contributed by atoms with Crippen molar-refractivity contribution in [2.24, 2.45) is 0 Å². The molecule has 0 saturated carbocycles. The number of benzene rings is 3. The van der Waals surface area contributed by atoms with Crippen LogP contribution < -0.4 is 5.32 Å². The quantitative estimate of drug-likeness (QED) is 0.247. The lowest BCUT2D eigenvalue weighted by molar-refractivity contribution is -0.252. The Labute approximate surface area is 248 Å². The lowest BCUT2D eigenvalue weighted by atomic mass is 9.97. The number of aromatic nitrogens is 1. The van der Waals surface area contributed by atoms with Crippen LogP contribution in [0.1, 0.15) is 53.7 Å². The van der Waals surface area contributed by atoms with Crippen molar-refractivity contribution in [3.63, 3.8) is 0 Å². The molecule has 0 aliphatic carbocycles. The Morgan fingerprint density at radius 3 is 2.40 bits per heavy atom. The fourth-order valence-corrected chi connectivity index (χ4v) is 5.32. The smallest absolute Gasteiger partial charge is 0.217 e. The number of pyridine rings is 1. The number of aliphatic hydroxyl groups excluding tert-OH is 1. The van der Waals surface area contributed by atoms with Gasteiger partial charge >= 0.3 is 0 Å². The standard InChI is InChI=1S/C35H39N3O4/c1-25(40)37-22-30-7-3-4-9-33(30)27-14-16-29(17-15-27)35-41-32(23-38(2)20-18-31-8-5-6-19-36-31)21-34(42-35)28-12-10-26(24-39)11-13-28/h3-17,19,32,34-35,39H,18,20-24H2,1-2H3,(H,37,40). The van der Waals surface area contributed by atoms with Crippen LogP contribution in [-0.4, -0.2) is 47.1 Å². The molecule has 0 spiro atoms. The Balaban J connectivity index is 1.32. The van der Waals surface area contributed by atoms with Gasteiger partial charge < -0.3 is 24.8 Å². The van der Waals surface area contributed by atoms with Crippen molar-refractivity contribution < 1.29 is 19.4 Å². The molecule has 1 amide bonds. The first kappa shape index (κ1) is 29.6. The highest BCUT2D eigenvalue weighted by molar-refractivity contribution is 5.74. The van der Waals surface area contributed by atoms with Crippen molar-refractivity contribution in [2.75, 3.05) is 20.1 Å². The Morgan fingerprint density at radius 1 is 0.952 bits per heavy atom. The number of likely N-dealkylation sites (N-methyl/N-ethyl adjacent to an activating group) is 1. The van der Waals surface area contributed by atoms with Gasteiger partial charge in [-0.1, -0.05) is 78.9 Å². The van der Waals surface area contributed by atoms with Gasteiger partial charge in [0.2, 0.25) is 5.91 Å². The number of nitrogens with one attached hydrogen (secondary N) is 1. The van der Waals surface area contributed by atoms with Crippen LogP contribution in [0.5, 0.6) is 0 Å². The molecular formula is C35H39N3O4. The lowest BCUT2D eigenvalue weighted by Crippen LogP contribution is -2.38. The molecule has 1 fully saturated rings. The van der Waals surface area contributed by atoms with Gasteiger partial charge in [-0.05, 0) is 47.0 Å². The van der Waals surface area contributed by atoms with E-state index in [0.717, 1.165) is 65.0 Å². The molecule has 3 atom stereocenters. The van der Waals surface area contributed by atoms with E-state index in [4.69, 9.17) is 9.47 Å². The van der Waals surface area contributed by atoms with E-state index in [1.807, 2.05) is 60.8 Å². The van der Waals surface area contributed by atoms with E-state index in [-0.39, 0.29) is 24.7 Å². The number of carbonyl (C=O) groups is 1. The normalized spacial score (nSPS) is 18.6. The molecule has 7 nitrogen and oxygen atoms in total. The third-order valence-electron chi connectivity index (χ3n) is 7.65. The van der Waals surface area contributed by atoms with E-state index in [1.165, 1.54) is 6.92 Å². The highest BCUT2D eigenvalue weighted by Gasteiger charge is 2.32. The number of carbonyl (C=O) groups excluding carboxylic acids is 1. The van der Waals surface area contributed by atoms with Gasteiger partial charge in [-0.15, -0.1) is 0 Å². The van der Waals surface area contributed by atoms with Crippen molar-refractivity contribution in [1.29, 1.82) is 0 Å². The van der Waals surface area contributed by atoms with Gasteiger partial charge in [-0.2, -0.15) is 0 Å². The summed E-state index contributed by atoms with van der Waals surface area (Å²) in [6.07, 6.45) is 2.76. The van der Waals surface area contributed by atoms with Gasteiger partial charge in [-0.25, -0.2) is 0 Å². The number of hydrogen-bond acceptors (Lipinski definition) is 6. The van der Waals surface area contributed by atoms with Crippen LogP contribution in [0.25, 0.3) is 11.1 Å². The first-order valence-corrected chi connectivity index (χ1v) is 14.5. The summed E-state index contributed by atoms with van der Waals surface area (Å²) in [5.74, 6) is -0.0516. The molecule has 3 aromatic carbocycles. The van der Waals surface area contributed by atoms with Crippen LogP contribution in [0.2, 0.25) is 0 Å². The monoisotopic (exact) mass is 565 g/mol. The van der Waals surface area contributed by atoms with E-state index in [0.29, 0.717) is 6.54 Å². The Kier molecular flexibility index (Phi) is 10.1. The molecule has 1 aromatic heterocycles. The van der Waals surface area contributed by atoms with Crippen LogP contribution >= 0.6 is 0 Å². The van der Waals surface area contributed by atoms with Crippen LogP contribution in [0, 0.1) is 0 Å². The molecular weight excluding hydrogens is 526 g/mol. The SMILES string of the molecule is CC(=O)NCc1ccccc1-c1ccc(C2OC(CN(C)CCc3ccccn3)CC(c3ccc(CO)cc3)O2)cc1. The minimum absolute atomic E-state index is 0.0154. The zero-order valence-electron chi connectivity index (χ0n) is 24.3. The molecule has 42 heavy (non-hydrogen) atoms. The number of aliphatic hydroxyl groups is 1. The fraction of sp³-hybridized carbons (Fsp3) is 0.314. The largest absolute Gasteiger partial charge is 0.392 e. The van der Waals surface area contributed by atoms with Gasteiger partial charge in [0.25, 0.3) is 0 Å². The summed E-state index contributed by atoms with van der Waals surface area (Å²) in [5.41, 5.74) is 7.19. The molecule has 2 N–H and O–H groups in total. The van der Waals surface area contributed by atoms with Crippen molar-refractivity contribution in [2.45, 2.75) is 51.4 Å². The summed E-state index contributed by atoms with van der Waals surface area (Å²) in [4.78, 5) is 18.2. The Morgan fingerprint density at radius 2 is 1.69 bits per heavy atom. The Bertz CT molecular complexity index is 1430. The van der Waals surface area contributed by atoms with Gasteiger partial charge in [0.15, 0.2) is 6.29 Å². The highest BCUT2D eigenvalue weighted by Crippen LogP contribution is 2.38. The number of amides is 1. The minimum Gasteiger partial charge on any atom is -0.392 e. The molecule has 218 valence electrons. The maximum atomic E-state index is 11.5. The van der Waals surface area contributed by atoms with E-state index in [1.54, 1.807) is 0 Å². The Hall–Kier alpha value is -3.88. The molecule has 1 saturated heterocycles. The van der Waals surface area contributed by atoms with E-state index in [2.05, 4.69) is 58.6 Å². The van der Waals surface area contributed by atoms with Crippen molar-refractivity contribution in [1.82, 2.24) is 15.2 Å². The predicted octanol–water partition coefficient (Wildman–Crippen LogP) is 5.60. The first-order valence-electron chi connectivity index (χ1n) is 14.5. The molecule has 0 radical (unpaired) electrons. The number of rotatable bonds is 11. The molecule has 3 unspecified atom stereocenters. The summed E-state index contributed by atoms with van der Waals surface area (Å²) in [6, 6.07) is 30.4. The summed E-state index contributed by atoms with van der Waals surface area (Å²) in [5, 5.41) is 12.4. The summed E-state index contributed by atoms with van der Waals surface area (Å²) in [6.45, 7) is 3.68. The van der Waals surface area contributed by atoms with Crippen molar-refractivity contribution in [3.05, 3.63) is 125 Å². The van der Waals surface area contributed by atoms with E-state index in [9.17, 15) is 9.90 Å². The third kappa shape index (κ3) is 7.89. The van der Waals surface area contributed by atoms with Crippen LogP contribution in [0.4, 0.5) is 0 Å². The predicted molar refractivity (Wildman–Crippen MR) is 163 cm³/mol. The summed E-state index contributed by atoms with van der Waals surface area (Å²) < 4.78 is 13.1. The maximum Gasteiger partial charge on any atom is 0.217 e. The van der Waals surface area contributed by atoms with Crippen LogP contribution in [-0.2, 0) is 33.8 Å². The van der Waals surface area contributed by atoms with Gasteiger partial charge in [0, 0.05) is 56.9 Å². The van der Waals surface area contributed by atoms with E-state index < -0.39 is 6.29 Å². The van der Waals surface area contributed by atoms with Crippen molar-refractivity contribution in [3.8, 4) is 11.1 Å². The first-order chi connectivity index (χ1) is 20.5. The van der Waals surface area contributed by atoms with Gasteiger partial charge in [0.1, 0.15) is 0 Å². The average molecular weight is 566 g/mol. The second-order valence-electron chi connectivity index (χ2n) is 10.9. The molecule has 0 bridgehead atoms. The van der Waals surface area contributed by atoms with Crippen LogP contribution in [0.15, 0.2) is 97.2 Å². The summed E-state index contributed by atoms with van der Waals surface area (Å²) in [7, 11) is 2.12. The molecule has 1 aliphatic heterocycles. The van der Waals surface area contributed by atoms with Gasteiger partial charge in [0.05, 0.1) is 18.8 Å². The zero-order valence-corrected chi connectivity index (χ0v) is 24.3. The fourth-order valence-electron chi connectivity index (χ4n) is 5.32. The molecule has 4 aromatic rings. The van der Waals surface area contributed by atoms with Crippen LogP contribution in [0.3, 0.4) is 0 Å². The summed E-state index contributed by atoms with van der Waals surface area (Å²) >= 11 is 0. The number of nitrogens with zero attached hydrogens (tertiary/aromatic N) is 2. The van der Waals surface area contributed by atoms with Crippen molar-refractivity contribution >= 4 is 5.91 Å². The number of hydrogen-bond donors (Lipinski definition) is 2. The lowest BCUT2D eigenvalue weighted by Gasteiger charge is -2.38. The topological polar surface area (TPSA) is 83.9 Å². The average Bonchev–Trinajstić information content (AvgIpc) is 3.03. The second kappa shape index (κ2) is 14.3. The molecule has 2 heterocycles. The number of ether oxygens (including phenoxy) is 2. The second-order valence-corrected chi connectivity index (χ2v) is 10.9. The van der Waals surface area contributed by atoms with E-state index >= 15 is 0 Å². The maximum absolute atomic E-state index is 11.5. The molecule has 5 rings (SSSR count). The zero-order chi connectivity index (χ0) is 29.3. The third-order valence-corrected chi connectivity index (χ3v) is 7.65. The highest BCUT2D eigenvalue weighted by atomic mass is 16.7.